The number of carboxylic acid groups (broad SMARTS) is 1. The predicted molar refractivity (Wildman–Crippen MR) is 79.6 cm³/mol. The number of aliphatic carboxylic acids is 1. The van der Waals surface area contributed by atoms with Gasteiger partial charge in [-0.3, -0.25) is 9.59 Å². The maximum Gasteiger partial charge on any atom is 0.335 e. The Kier molecular flexibility index (Phi) is 3.81. The van der Waals surface area contributed by atoms with Crippen LogP contribution in [-0.4, -0.2) is 63.0 Å². The van der Waals surface area contributed by atoms with E-state index in [-0.39, 0.29) is 44.3 Å². The molecular weight excluding hydrogens is 300 g/mol. The summed E-state index contributed by atoms with van der Waals surface area (Å²) in [5.74, 6) is -1.64. The molecule has 2 aliphatic heterocycles. The summed E-state index contributed by atoms with van der Waals surface area (Å²) in [6.07, 6.45) is 0.00445. The van der Waals surface area contributed by atoms with Gasteiger partial charge in [-0.1, -0.05) is 18.2 Å². The van der Waals surface area contributed by atoms with Crippen molar-refractivity contribution in [1.29, 1.82) is 0 Å². The van der Waals surface area contributed by atoms with Gasteiger partial charge in [0.25, 0.3) is 5.91 Å². The van der Waals surface area contributed by atoms with Crippen molar-refractivity contribution in [3.05, 3.63) is 35.4 Å². The summed E-state index contributed by atoms with van der Waals surface area (Å²) in [6.45, 7) is 0.736. The lowest BCUT2D eigenvalue weighted by Gasteiger charge is -2.36. The van der Waals surface area contributed by atoms with Crippen molar-refractivity contribution in [2.45, 2.75) is 25.0 Å². The Hall–Kier alpha value is -2.41. The van der Waals surface area contributed by atoms with Gasteiger partial charge in [0.05, 0.1) is 0 Å². The number of amides is 2. The normalized spacial score (nSPS) is 19.6. The number of carbonyl (C=O) groups is 3. The molecule has 0 spiro atoms. The topological polar surface area (TPSA) is 98.2 Å². The smallest absolute Gasteiger partial charge is 0.335 e. The van der Waals surface area contributed by atoms with E-state index in [9.17, 15) is 19.5 Å². The maximum absolute atomic E-state index is 12.3. The van der Waals surface area contributed by atoms with Crippen LogP contribution >= 0.6 is 0 Å². The minimum absolute atomic E-state index is 0.00223. The zero-order valence-corrected chi connectivity index (χ0v) is 12.6. The molecule has 0 aromatic heterocycles. The Bertz CT molecular complexity index is 664. The lowest BCUT2D eigenvalue weighted by Crippen LogP contribution is -2.52. The maximum atomic E-state index is 12.3. The van der Waals surface area contributed by atoms with Crippen LogP contribution in [0.25, 0.3) is 0 Å². The van der Waals surface area contributed by atoms with E-state index < -0.39 is 11.6 Å². The molecule has 0 atom stereocenters. The Morgan fingerprint density at radius 3 is 2.43 bits per heavy atom. The fourth-order valence-electron chi connectivity index (χ4n) is 3.05. The molecule has 7 nitrogen and oxygen atoms in total. The summed E-state index contributed by atoms with van der Waals surface area (Å²) in [5, 5.41) is 18.9. The van der Waals surface area contributed by atoms with Crippen LogP contribution in [0.5, 0.6) is 0 Å². The van der Waals surface area contributed by atoms with Crippen LogP contribution in [0.4, 0.5) is 0 Å². The summed E-state index contributed by atoms with van der Waals surface area (Å²) in [4.78, 5) is 38.6. The number of hydrogen-bond donors (Lipinski definition) is 2. The Morgan fingerprint density at radius 2 is 1.83 bits per heavy atom. The molecule has 0 bridgehead atoms. The molecule has 1 fully saturated rings. The molecule has 0 radical (unpaired) electrons. The van der Waals surface area contributed by atoms with Crippen LogP contribution in [-0.2, 0) is 16.1 Å². The highest BCUT2D eigenvalue weighted by atomic mass is 16.4. The van der Waals surface area contributed by atoms with Crippen molar-refractivity contribution in [1.82, 2.24) is 9.80 Å². The minimum Gasteiger partial charge on any atom is -0.479 e. The number of fused-ring (bicyclic) bond motifs is 1. The van der Waals surface area contributed by atoms with E-state index in [4.69, 9.17) is 5.11 Å². The summed E-state index contributed by atoms with van der Waals surface area (Å²) in [6, 6.07) is 7.26. The van der Waals surface area contributed by atoms with E-state index in [0.717, 1.165) is 5.56 Å². The second-order valence-electron chi connectivity index (χ2n) is 6.04. The van der Waals surface area contributed by atoms with Crippen molar-refractivity contribution in [3.63, 3.8) is 0 Å². The second kappa shape index (κ2) is 5.66. The third kappa shape index (κ3) is 2.79. The van der Waals surface area contributed by atoms with E-state index >= 15 is 0 Å². The average molecular weight is 318 g/mol. The Balaban J connectivity index is 1.59. The summed E-state index contributed by atoms with van der Waals surface area (Å²) < 4.78 is 0. The van der Waals surface area contributed by atoms with E-state index in [1.54, 1.807) is 12.1 Å². The van der Waals surface area contributed by atoms with Gasteiger partial charge in [0.2, 0.25) is 5.91 Å². The van der Waals surface area contributed by atoms with Crippen molar-refractivity contribution >= 4 is 17.8 Å². The molecule has 1 saturated heterocycles. The van der Waals surface area contributed by atoms with Gasteiger partial charge in [-0.2, -0.15) is 0 Å². The first kappa shape index (κ1) is 15.5. The fourth-order valence-corrected chi connectivity index (χ4v) is 3.05. The molecule has 0 aliphatic carbocycles. The standard InChI is InChI=1S/C16H18N2O5/c19-13(17-7-5-16(23,6-8-17)15(21)22)10-18-9-11-3-1-2-4-12(11)14(18)20/h1-4,23H,5-10H2,(H,21,22). The van der Waals surface area contributed by atoms with Crippen LogP contribution < -0.4 is 0 Å². The molecule has 2 aliphatic rings. The number of piperidine rings is 1. The number of rotatable bonds is 3. The highest BCUT2D eigenvalue weighted by Crippen LogP contribution is 2.24. The Labute approximate surface area is 133 Å². The number of nitrogens with zero attached hydrogens (tertiary/aromatic N) is 2. The molecule has 2 heterocycles. The van der Waals surface area contributed by atoms with Gasteiger partial charge in [0, 0.05) is 38.0 Å². The van der Waals surface area contributed by atoms with Gasteiger partial charge in [-0.05, 0) is 11.6 Å². The molecule has 122 valence electrons. The minimum atomic E-state index is -1.75. The van der Waals surface area contributed by atoms with Gasteiger partial charge in [0.15, 0.2) is 5.60 Å². The van der Waals surface area contributed by atoms with E-state index in [1.165, 1.54) is 9.80 Å². The van der Waals surface area contributed by atoms with E-state index in [0.29, 0.717) is 12.1 Å². The largest absolute Gasteiger partial charge is 0.479 e. The molecule has 2 N–H and O–H groups in total. The third-order valence-electron chi connectivity index (χ3n) is 4.56. The molecule has 0 saturated carbocycles. The first-order valence-corrected chi connectivity index (χ1v) is 7.51. The van der Waals surface area contributed by atoms with Crippen LogP contribution in [0.15, 0.2) is 24.3 Å². The monoisotopic (exact) mass is 318 g/mol. The van der Waals surface area contributed by atoms with Crippen LogP contribution in [0.3, 0.4) is 0 Å². The summed E-state index contributed by atoms with van der Waals surface area (Å²) >= 11 is 0. The molecule has 1 aromatic rings. The zero-order chi connectivity index (χ0) is 16.6. The lowest BCUT2D eigenvalue weighted by molar-refractivity contribution is -0.165. The van der Waals surface area contributed by atoms with E-state index in [1.807, 2.05) is 12.1 Å². The molecule has 3 rings (SSSR count). The summed E-state index contributed by atoms with van der Waals surface area (Å²) in [7, 11) is 0. The molecule has 23 heavy (non-hydrogen) atoms. The molecule has 2 amide bonds. The zero-order valence-electron chi connectivity index (χ0n) is 12.6. The average Bonchev–Trinajstić information content (AvgIpc) is 2.84. The number of hydrogen-bond acceptors (Lipinski definition) is 4. The van der Waals surface area contributed by atoms with Crippen LogP contribution in [0, 0.1) is 0 Å². The number of likely N-dealkylation sites (tertiary alicyclic amines) is 1. The number of aliphatic hydroxyl groups is 1. The van der Waals surface area contributed by atoms with Gasteiger partial charge < -0.3 is 20.0 Å². The number of benzene rings is 1. The van der Waals surface area contributed by atoms with Gasteiger partial charge in [0.1, 0.15) is 6.54 Å². The first-order valence-electron chi connectivity index (χ1n) is 7.51. The number of carboxylic acids is 1. The highest BCUT2D eigenvalue weighted by Gasteiger charge is 2.41. The van der Waals surface area contributed by atoms with Crippen molar-refractivity contribution in [2.75, 3.05) is 19.6 Å². The molecular formula is C16H18N2O5. The predicted octanol–water partition coefficient (Wildman–Crippen LogP) is 0.0805. The van der Waals surface area contributed by atoms with Crippen molar-refractivity contribution in [2.24, 2.45) is 0 Å². The lowest BCUT2D eigenvalue weighted by atomic mass is 9.91. The van der Waals surface area contributed by atoms with Crippen LogP contribution in [0.2, 0.25) is 0 Å². The van der Waals surface area contributed by atoms with Crippen molar-refractivity contribution < 1.29 is 24.6 Å². The summed E-state index contributed by atoms with van der Waals surface area (Å²) in [5.41, 5.74) is -0.223. The first-order chi connectivity index (χ1) is 10.9. The van der Waals surface area contributed by atoms with Crippen molar-refractivity contribution in [3.8, 4) is 0 Å². The molecule has 1 aromatic carbocycles. The van der Waals surface area contributed by atoms with Crippen LogP contribution in [0.1, 0.15) is 28.8 Å². The van der Waals surface area contributed by atoms with Gasteiger partial charge in [-0.15, -0.1) is 0 Å². The third-order valence-corrected chi connectivity index (χ3v) is 4.56. The highest BCUT2D eigenvalue weighted by molar-refractivity contribution is 6.00. The molecule has 0 unspecified atom stereocenters. The van der Waals surface area contributed by atoms with Gasteiger partial charge >= 0.3 is 5.97 Å². The Morgan fingerprint density at radius 1 is 1.17 bits per heavy atom. The second-order valence-corrected chi connectivity index (χ2v) is 6.04. The molecule has 7 heteroatoms. The van der Waals surface area contributed by atoms with Gasteiger partial charge in [-0.25, -0.2) is 4.79 Å². The SMILES string of the molecule is O=C(CN1Cc2ccccc2C1=O)N1CCC(O)(C(=O)O)CC1. The fraction of sp³-hybridized carbons (Fsp3) is 0.438. The quantitative estimate of drug-likeness (QED) is 0.822. The number of carbonyl (C=O) groups excluding carboxylic acids is 2. The van der Waals surface area contributed by atoms with E-state index in [2.05, 4.69) is 0 Å².